The van der Waals surface area contributed by atoms with Gasteiger partial charge < -0.3 is 21.1 Å². The lowest BCUT2D eigenvalue weighted by Gasteiger charge is -2.29. The van der Waals surface area contributed by atoms with Crippen LogP contribution in [0.4, 0.5) is 11.4 Å². The minimum atomic E-state index is -0.335. The molecule has 4 rings (SSSR count). The lowest BCUT2D eigenvalue weighted by molar-refractivity contribution is 0.269. The normalized spacial score (nSPS) is 18.6. The van der Waals surface area contributed by atoms with Crippen LogP contribution in [0.5, 0.6) is 0 Å². The lowest BCUT2D eigenvalue weighted by atomic mass is 9.85. The number of aromatic amines is 1. The molecule has 0 spiro atoms. The van der Waals surface area contributed by atoms with Crippen molar-refractivity contribution in [1.29, 1.82) is 5.26 Å². The minimum Gasteiger partial charge on any atom is -0.394 e. The number of amidine groups is 1. The van der Waals surface area contributed by atoms with Gasteiger partial charge in [0.2, 0.25) is 0 Å². The van der Waals surface area contributed by atoms with Crippen LogP contribution < -0.4 is 16.6 Å². The van der Waals surface area contributed by atoms with Gasteiger partial charge in [-0.15, -0.1) is 0 Å². The highest BCUT2D eigenvalue weighted by atomic mass is 16.3. The van der Waals surface area contributed by atoms with E-state index in [4.69, 9.17) is 10.8 Å². The molecule has 1 aromatic carbocycles. The van der Waals surface area contributed by atoms with E-state index in [9.17, 15) is 10.1 Å². The first kappa shape index (κ1) is 22.3. The molecule has 9 nitrogen and oxygen atoms in total. The van der Waals surface area contributed by atoms with Crippen molar-refractivity contribution in [2.75, 3.05) is 11.9 Å². The number of nitriles is 1. The average Bonchev–Trinajstić information content (AvgIpc) is 3.29. The number of nitrogens with two attached hydrogens (primary N) is 1. The molecule has 1 fully saturated rings. The van der Waals surface area contributed by atoms with Gasteiger partial charge >= 0.3 is 0 Å². The van der Waals surface area contributed by atoms with Gasteiger partial charge in [-0.3, -0.25) is 9.48 Å². The molecule has 0 saturated heterocycles. The van der Waals surface area contributed by atoms with Gasteiger partial charge in [0.15, 0.2) is 0 Å². The maximum atomic E-state index is 12.6. The summed E-state index contributed by atoms with van der Waals surface area (Å²) in [6.07, 6.45) is 8.98. The Balaban J connectivity index is 1.57. The van der Waals surface area contributed by atoms with Crippen molar-refractivity contribution in [2.24, 2.45) is 16.6 Å². The maximum Gasteiger partial charge on any atom is 0.261 e. The molecule has 0 amide bonds. The number of anilines is 1. The Morgan fingerprint density at radius 2 is 2.06 bits per heavy atom. The van der Waals surface area contributed by atoms with Gasteiger partial charge in [-0.25, -0.2) is 4.99 Å². The summed E-state index contributed by atoms with van der Waals surface area (Å²) in [6.45, 7) is 0.471. The number of aliphatic hydroxyl groups is 1. The summed E-state index contributed by atoms with van der Waals surface area (Å²) in [4.78, 5) is 19.7. The first-order valence-corrected chi connectivity index (χ1v) is 11.0. The number of pyridine rings is 1. The van der Waals surface area contributed by atoms with E-state index in [1.807, 2.05) is 30.5 Å². The van der Waals surface area contributed by atoms with Gasteiger partial charge in [0.25, 0.3) is 5.56 Å². The zero-order valence-electron chi connectivity index (χ0n) is 18.2. The second kappa shape index (κ2) is 10.1. The molecule has 0 aliphatic heterocycles. The fourth-order valence-electron chi connectivity index (χ4n) is 4.17. The van der Waals surface area contributed by atoms with Crippen LogP contribution in [-0.4, -0.2) is 38.4 Å². The Hall–Kier alpha value is -3.90. The van der Waals surface area contributed by atoms with E-state index < -0.39 is 0 Å². The molecule has 2 heterocycles. The van der Waals surface area contributed by atoms with E-state index in [0.717, 1.165) is 36.8 Å². The highest BCUT2D eigenvalue weighted by Gasteiger charge is 2.26. The number of nitrogens with zero attached hydrogens (tertiary/aromatic N) is 4. The molecule has 1 unspecified atom stereocenters. The van der Waals surface area contributed by atoms with E-state index in [1.165, 1.54) is 0 Å². The predicted molar refractivity (Wildman–Crippen MR) is 127 cm³/mol. The Kier molecular flexibility index (Phi) is 6.86. The molecular weight excluding hydrogens is 418 g/mol. The second-order valence-corrected chi connectivity index (χ2v) is 8.13. The Morgan fingerprint density at radius 3 is 2.82 bits per heavy atom. The Morgan fingerprint density at radius 1 is 1.27 bits per heavy atom. The highest BCUT2D eigenvalue weighted by Crippen LogP contribution is 2.28. The summed E-state index contributed by atoms with van der Waals surface area (Å²) in [5.74, 6) is 0.00510. The minimum absolute atomic E-state index is 0.0249. The molecule has 170 valence electrons. The van der Waals surface area contributed by atoms with Crippen LogP contribution in [0, 0.1) is 17.2 Å². The van der Waals surface area contributed by atoms with Crippen molar-refractivity contribution in [3.05, 3.63) is 64.8 Å². The third-order valence-corrected chi connectivity index (χ3v) is 5.90. The van der Waals surface area contributed by atoms with Gasteiger partial charge in [-0.1, -0.05) is 25.0 Å². The number of rotatable bonds is 7. The summed E-state index contributed by atoms with van der Waals surface area (Å²) in [5.41, 5.74) is 9.29. The van der Waals surface area contributed by atoms with E-state index in [-0.39, 0.29) is 35.5 Å². The van der Waals surface area contributed by atoms with Crippen molar-refractivity contribution >= 4 is 17.2 Å². The van der Waals surface area contributed by atoms with Crippen molar-refractivity contribution < 1.29 is 5.11 Å². The third kappa shape index (κ3) is 5.13. The number of hydrogen-bond acceptors (Lipinski definition) is 6. The van der Waals surface area contributed by atoms with Crippen LogP contribution in [0.1, 0.15) is 31.2 Å². The number of hydrogen-bond donors (Lipinski definition) is 4. The maximum absolute atomic E-state index is 12.6. The molecule has 2 atom stereocenters. The summed E-state index contributed by atoms with van der Waals surface area (Å²) >= 11 is 0. The number of aliphatic imine (C=N–C) groups is 1. The quantitative estimate of drug-likeness (QED) is 0.325. The monoisotopic (exact) mass is 445 g/mol. The van der Waals surface area contributed by atoms with Crippen LogP contribution in [-0.2, 0) is 6.54 Å². The SMILES string of the molecule is N#CC1CCCC[C@@H]1Nc1cc[nH]c(=O)c1C(N)=Nc1ccc(-c2cnn(CCO)c2)cc1. The van der Waals surface area contributed by atoms with Gasteiger partial charge in [0, 0.05) is 24.0 Å². The summed E-state index contributed by atoms with van der Waals surface area (Å²) in [6, 6.07) is 11.6. The largest absolute Gasteiger partial charge is 0.394 e. The van der Waals surface area contributed by atoms with E-state index in [1.54, 1.807) is 23.1 Å². The first-order chi connectivity index (χ1) is 16.1. The molecule has 0 radical (unpaired) electrons. The number of benzene rings is 1. The summed E-state index contributed by atoms with van der Waals surface area (Å²) in [5, 5.41) is 26.1. The Bertz CT molecular complexity index is 1220. The van der Waals surface area contributed by atoms with Crippen LogP contribution in [0.3, 0.4) is 0 Å². The van der Waals surface area contributed by atoms with Crippen LogP contribution in [0.25, 0.3) is 11.1 Å². The zero-order chi connectivity index (χ0) is 23.2. The van der Waals surface area contributed by atoms with Crippen molar-refractivity contribution in [3.8, 4) is 17.2 Å². The van der Waals surface area contributed by atoms with Gasteiger partial charge in [-0.2, -0.15) is 10.4 Å². The van der Waals surface area contributed by atoms with Crippen molar-refractivity contribution in [3.63, 3.8) is 0 Å². The number of aliphatic hydroxyl groups excluding tert-OH is 1. The molecule has 2 aromatic heterocycles. The Labute approximate surface area is 191 Å². The van der Waals surface area contributed by atoms with Crippen molar-refractivity contribution in [1.82, 2.24) is 14.8 Å². The van der Waals surface area contributed by atoms with Gasteiger partial charge in [-0.05, 0) is 36.6 Å². The molecule has 1 saturated carbocycles. The zero-order valence-corrected chi connectivity index (χ0v) is 18.2. The first-order valence-electron chi connectivity index (χ1n) is 11.0. The molecule has 33 heavy (non-hydrogen) atoms. The second-order valence-electron chi connectivity index (χ2n) is 8.13. The standard InChI is InChI=1S/C24H27N7O2/c25-13-17-3-1-2-4-20(17)30-21-9-10-27-24(33)22(21)23(26)29-19-7-5-16(6-8-19)18-14-28-31(15-18)11-12-32/h5-10,14-15,17,20,32H,1-4,11-12H2,(H2,26,29)(H2,27,30,33)/t17?,20-/m0/s1. The summed E-state index contributed by atoms with van der Waals surface area (Å²) in [7, 11) is 0. The number of nitrogens with one attached hydrogen (secondary N) is 2. The third-order valence-electron chi connectivity index (χ3n) is 5.90. The van der Waals surface area contributed by atoms with E-state index >= 15 is 0 Å². The molecule has 3 aromatic rings. The molecule has 9 heteroatoms. The van der Waals surface area contributed by atoms with Gasteiger partial charge in [0.1, 0.15) is 11.4 Å². The van der Waals surface area contributed by atoms with Crippen LogP contribution in [0.2, 0.25) is 0 Å². The molecule has 1 aliphatic rings. The average molecular weight is 446 g/mol. The van der Waals surface area contributed by atoms with Crippen LogP contribution >= 0.6 is 0 Å². The lowest BCUT2D eigenvalue weighted by Crippen LogP contribution is -2.34. The smallest absolute Gasteiger partial charge is 0.261 e. The van der Waals surface area contributed by atoms with E-state index in [0.29, 0.717) is 17.9 Å². The highest BCUT2D eigenvalue weighted by molar-refractivity contribution is 6.03. The fraction of sp³-hybridized carbons (Fsp3) is 0.333. The van der Waals surface area contributed by atoms with Crippen molar-refractivity contribution in [2.45, 2.75) is 38.3 Å². The molecule has 5 N–H and O–H groups in total. The predicted octanol–water partition coefficient (Wildman–Crippen LogP) is 2.76. The number of aromatic nitrogens is 3. The van der Waals surface area contributed by atoms with E-state index in [2.05, 4.69) is 26.5 Å². The molecule has 1 aliphatic carbocycles. The molecular formula is C24H27N7O2. The number of H-pyrrole nitrogens is 1. The molecule has 0 bridgehead atoms. The van der Waals surface area contributed by atoms with Crippen LogP contribution in [0.15, 0.2) is 58.7 Å². The fourth-order valence-corrected chi connectivity index (χ4v) is 4.17. The van der Waals surface area contributed by atoms with Gasteiger partial charge in [0.05, 0.1) is 42.7 Å². The topological polar surface area (TPSA) is 145 Å². The summed E-state index contributed by atoms with van der Waals surface area (Å²) < 4.78 is 1.68.